The molecule has 618 valence electrons. The molecule has 0 aliphatic rings. The fourth-order valence-corrected chi connectivity index (χ4v) is 14.7. The number of hydrogen-bond acceptors (Lipinski definition) is 15. The van der Waals surface area contributed by atoms with Crippen molar-refractivity contribution in [2.45, 2.75) is 459 Å². The van der Waals surface area contributed by atoms with Crippen molar-refractivity contribution in [3.05, 3.63) is 0 Å². The van der Waals surface area contributed by atoms with Crippen LogP contribution in [-0.2, 0) is 65.4 Å². The summed E-state index contributed by atoms with van der Waals surface area (Å²) in [5.41, 5.74) is 0. The number of carbonyl (C=O) groups is 4. The van der Waals surface area contributed by atoms with Gasteiger partial charge in [0.05, 0.1) is 26.4 Å². The summed E-state index contributed by atoms with van der Waals surface area (Å²) >= 11 is 0. The summed E-state index contributed by atoms with van der Waals surface area (Å²) in [7, 11) is -9.93. The van der Waals surface area contributed by atoms with E-state index >= 15 is 0 Å². The first-order valence-corrected chi connectivity index (χ1v) is 46.7. The minimum absolute atomic E-state index is 0.107. The number of aliphatic hydroxyl groups is 1. The molecule has 0 amide bonds. The number of esters is 4. The van der Waals surface area contributed by atoms with Gasteiger partial charge in [-0.2, -0.15) is 0 Å². The Morgan fingerprint density at radius 3 is 0.683 bits per heavy atom. The maximum absolute atomic E-state index is 13.1. The lowest BCUT2D eigenvalue weighted by molar-refractivity contribution is -0.161. The maximum Gasteiger partial charge on any atom is 0.472 e. The van der Waals surface area contributed by atoms with Gasteiger partial charge < -0.3 is 33.8 Å². The van der Waals surface area contributed by atoms with Gasteiger partial charge in [-0.3, -0.25) is 37.3 Å². The summed E-state index contributed by atoms with van der Waals surface area (Å²) in [5, 5.41) is 10.7. The van der Waals surface area contributed by atoms with Gasteiger partial charge in [0.25, 0.3) is 0 Å². The maximum atomic E-state index is 13.1. The van der Waals surface area contributed by atoms with Crippen LogP contribution in [-0.4, -0.2) is 96.7 Å². The highest BCUT2D eigenvalue weighted by molar-refractivity contribution is 7.47. The minimum atomic E-state index is -4.96. The highest BCUT2D eigenvalue weighted by atomic mass is 31.2. The Bertz CT molecular complexity index is 2030. The van der Waals surface area contributed by atoms with E-state index in [-0.39, 0.29) is 25.7 Å². The molecule has 0 aliphatic heterocycles. The molecular weight excluding hydrogens is 1350 g/mol. The lowest BCUT2D eigenvalue weighted by Gasteiger charge is -2.21. The summed E-state index contributed by atoms with van der Waals surface area (Å²) in [6.45, 7) is 14.3. The van der Waals surface area contributed by atoms with Crippen LogP contribution in [0.1, 0.15) is 441 Å². The lowest BCUT2D eigenvalue weighted by atomic mass is 9.99. The number of aliphatic hydroxyl groups excluding tert-OH is 1. The summed E-state index contributed by atoms with van der Waals surface area (Å²) in [6, 6.07) is 0. The van der Waals surface area contributed by atoms with Crippen LogP contribution in [0.25, 0.3) is 0 Å². The van der Waals surface area contributed by atoms with Crippen molar-refractivity contribution in [1.29, 1.82) is 0 Å². The average molecular weight is 1520 g/mol. The molecule has 0 aromatic heterocycles. The third kappa shape index (κ3) is 76.8. The van der Waals surface area contributed by atoms with E-state index in [4.69, 9.17) is 37.0 Å². The Morgan fingerprint density at radius 2 is 0.462 bits per heavy atom. The molecule has 0 aromatic rings. The molecule has 0 rings (SSSR count). The van der Waals surface area contributed by atoms with Gasteiger partial charge in [0.1, 0.15) is 19.3 Å². The normalized spacial score (nSPS) is 14.2. The molecule has 0 aromatic carbocycles. The first kappa shape index (κ1) is 102. The van der Waals surface area contributed by atoms with E-state index in [2.05, 4.69) is 55.4 Å². The van der Waals surface area contributed by atoms with Crippen molar-refractivity contribution >= 4 is 39.5 Å². The average Bonchev–Trinajstić information content (AvgIpc) is 0.908. The second-order valence-corrected chi connectivity index (χ2v) is 35.2. The van der Waals surface area contributed by atoms with Gasteiger partial charge in [0, 0.05) is 25.7 Å². The zero-order chi connectivity index (χ0) is 76.7. The van der Waals surface area contributed by atoms with Gasteiger partial charge in [0.15, 0.2) is 12.2 Å². The van der Waals surface area contributed by atoms with Crippen molar-refractivity contribution < 1.29 is 80.2 Å². The first-order valence-electron chi connectivity index (χ1n) is 43.7. The van der Waals surface area contributed by atoms with Gasteiger partial charge >= 0.3 is 39.5 Å². The van der Waals surface area contributed by atoms with Crippen LogP contribution in [0, 0.1) is 23.7 Å². The number of carbonyl (C=O) groups excluding carboxylic acids is 4. The highest BCUT2D eigenvalue weighted by Crippen LogP contribution is 2.45. The number of phosphoric acid groups is 2. The molecular formula is C85H166O17P2. The quantitative estimate of drug-likeness (QED) is 0.0222. The first-order chi connectivity index (χ1) is 50.1. The second kappa shape index (κ2) is 73.8. The minimum Gasteiger partial charge on any atom is -0.462 e. The molecule has 0 aliphatic carbocycles. The van der Waals surface area contributed by atoms with Crippen LogP contribution in [0.15, 0.2) is 0 Å². The SMILES string of the molecule is CCC(C)CCCCCCCCCCCCCCCCCCCCC(=O)OC[C@H](COP(=O)(O)OCC(O)COP(=O)(O)OC[C@@H](COC(=O)CCCCCCCCC(C)C)OC(=O)CCCCCCCCCCCCCCCCCCC(C)C)OC(=O)CCCCCCCCCCCCCC(C)C. The largest absolute Gasteiger partial charge is 0.472 e. The van der Waals surface area contributed by atoms with Crippen LogP contribution in [0.2, 0.25) is 0 Å². The molecule has 0 fully saturated rings. The third-order valence-corrected chi connectivity index (χ3v) is 22.1. The molecule has 17 nitrogen and oxygen atoms in total. The van der Waals surface area contributed by atoms with Crippen molar-refractivity contribution in [1.82, 2.24) is 0 Å². The molecule has 0 heterocycles. The number of unbranched alkanes of at least 4 members (excludes halogenated alkanes) is 47. The van der Waals surface area contributed by atoms with E-state index in [1.807, 2.05) is 0 Å². The molecule has 0 saturated heterocycles. The predicted octanol–water partition coefficient (Wildman–Crippen LogP) is 25.6. The van der Waals surface area contributed by atoms with Gasteiger partial charge in [-0.15, -0.1) is 0 Å². The number of rotatable bonds is 82. The molecule has 3 N–H and O–H groups in total. The van der Waals surface area contributed by atoms with Crippen molar-refractivity contribution in [2.75, 3.05) is 39.6 Å². The number of phosphoric ester groups is 2. The van der Waals surface area contributed by atoms with E-state index in [0.717, 1.165) is 114 Å². The van der Waals surface area contributed by atoms with E-state index in [1.165, 1.54) is 238 Å². The summed E-state index contributed by atoms with van der Waals surface area (Å²) in [4.78, 5) is 73.1. The molecule has 104 heavy (non-hydrogen) atoms. The molecule has 4 unspecified atom stereocenters. The highest BCUT2D eigenvalue weighted by Gasteiger charge is 2.30. The van der Waals surface area contributed by atoms with Crippen LogP contribution in [0.4, 0.5) is 0 Å². The van der Waals surface area contributed by atoms with Crippen molar-refractivity contribution in [2.24, 2.45) is 23.7 Å². The number of ether oxygens (including phenoxy) is 4. The third-order valence-electron chi connectivity index (χ3n) is 20.2. The van der Waals surface area contributed by atoms with E-state index in [0.29, 0.717) is 31.6 Å². The Hall–Kier alpha value is -1.94. The lowest BCUT2D eigenvalue weighted by Crippen LogP contribution is -2.30. The van der Waals surface area contributed by atoms with E-state index in [9.17, 15) is 43.2 Å². The van der Waals surface area contributed by atoms with Gasteiger partial charge in [-0.25, -0.2) is 9.13 Å². The van der Waals surface area contributed by atoms with Crippen LogP contribution < -0.4 is 0 Å². The smallest absolute Gasteiger partial charge is 0.462 e. The Kier molecular flexibility index (Phi) is 72.5. The summed E-state index contributed by atoms with van der Waals surface area (Å²) < 4.78 is 68.8. The van der Waals surface area contributed by atoms with E-state index < -0.39 is 97.5 Å². The molecule has 19 heteroatoms. The van der Waals surface area contributed by atoms with Crippen LogP contribution in [0.3, 0.4) is 0 Å². The van der Waals surface area contributed by atoms with Crippen molar-refractivity contribution in [3.8, 4) is 0 Å². The van der Waals surface area contributed by atoms with Crippen LogP contribution >= 0.6 is 15.6 Å². The van der Waals surface area contributed by atoms with E-state index in [1.54, 1.807) is 0 Å². The molecule has 0 bridgehead atoms. The zero-order valence-electron chi connectivity index (χ0n) is 68.7. The Morgan fingerprint density at radius 1 is 0.269 bits per heavy atom. The standard InChI is InChI=1S/C85H166O17P2/c1-9-78(8)64-56-48-39-33-27-21-17-12-10-11-13-18-22-28-34-40-49-57-65-82(87)95-71-80(101-85(90)68-60-52-42-36-30-24-26-32-38-46-54-62-76(4)5)73-99-103(91,92)97-69-79(86)70-98-104(93,94)100-74-81(72-96-83(88)66-58-50-44-43-47-55-63-77(6)7)102-84(89)67-59-51-41-35-29-23-19-15-14-16-20-25-31-37-45-53-61-75(2)3/h75-81,86H,9-74H2,1-8H3,(H,91,92)(H,93,94)/t78?,79?,80-,81-/m1/s1. The molecule has 0 spiro atoms. The molecule has 0 radical (unpaired) electrons. The topological polar surface area (TPSA) is 237 Å². The van der Waals surface area contributed by atoms with Gasteiger partial charge in [0.2, 0.25) is 0 Å². The molecule has 0 saturated carbocycles. The zero-order valence-corrected chi connectivity index (χ0v) is 70.5. The summed E-state index contributed by atoms with van der Waals surface area (Å²) in [5.74, 6) is 1.02. The Balaban J connectivity index is 5.16. The fourth-order valence-electron chi connectivity index (χ4n) is 13.1. The summed E-state index contributed by atoms with van der Waals surface area (Å²) in [6.07, 6.45) is 62.7. The predicted molar refractivity (Wildman–Crippen MR) is 428 cm³/mol. The monoisotopic (exact) mass is 1520 g/mol. The van der Waals surface area contributed by atoms with Gasteiger partial charge in [-0.05, 0) is 49.4 Å². The Labute approximate surface area is 638 Å². The van der Waals surface area contributed by atoms with Crippen molar-refractivity contribution in [3.63, 3.8) is 0 Å². The fraction of sp³-hybridized carbons (Fsp3) is 0.953. The van der Waals surface area contributed by atoms with Crippen LogP contribution in [0.5, 0.6) is 0 Å². The van der Waals surface area contributed by atoms with Gasteiger partial charge in [-0.1, -0.05) is 389 Å². The second-order valence-electron chi connectivity index (χ2n) is 32.2. The number of hydrogen-bond donors (Lipinski definition) is 3. The molecule has 6 atom stereocenters.